The molecule has 0 atom stereocenters. The topological polar surface area (TPSA) is 46.1 Å². The van der Waals surface area contributed by atoms with Gasteiger partial charge in [0, 0.05) is 26.9 Å². The highest BCUT2D eigenvalue weighted by molar-refractivity contribution is 7.99. The van der Waals surface area contributed by atoms with Gasteiger partial charge in [0.25, 0.3) is 5.91 Å². The fourth-order valence-corrected chi connectivity index (χ4v) is 5.06. The molecule has 0 unspecified atom stereocenters. The zero-order chi connectivity index (χ0) is 21.1. The van der Waals surface area contributed by atoms with Crippen LogP contribution in [0.3, 0.4) is 0 Å². The molecule has 1 amide bonds. The number of halogens is 1. The Balaban J connectivity index is 1.69. The third-order valence-electron chi connectivity index (χ3n) is 4.33. The molecule has 30 heavy (non-hydrogen) atoms. The van der Waals surface area contributed by atoms with Crippen molar-refractivity contribution in [3.63, 3.8) is 0 Å². The van der Waals surface area contributed by atoms with Gasteiger partial charge in [-0.15, -0.1) is 11.8 Å². The van der Waals surface area contributed by atoms with Crippen LogP contribution in [0.4, 0.5) is 5.13 Å². The number of pyridine rings is 1. The number of nitrogens with zero attached hydrogens (tertiary/aromatic N) is 3. The molecule has 0 fully saturated rings. The van der Waals surface area contributed by atoms with E-state index in [4.69, 9.17) is 11.6 Å². The number of benzene rings is 2. The lowest BCUT2D eigenvalue weighted by atomic mass is 10.2. The molecule has 0 saturated heterocycles. The van der Waals surface area contributed by atoms with Crippen LogP contribution >= 0.6 is 34.7 Å². The van der Waals surface area contributed by atoms with Crippen LogP contribution in [0, 0.1) is 0 Å². The highest BCUT2D eigenvalue weighted by Gasteiger charge is 2.22. The molecule has 0 aliphatic carbocycles. The van der Waals surface area contributed by atoms with Crippen LogP contribution in [0.15, 0.2) is 71.8 Å². The first-order valence-electron chi connectivity index (χ1n) is 9.54. The van der Waals surface area contributed by atoms with E-state index in [0.717, 1.165) is 20.8 Å². The number of aromatic nitrogens is 2. The third kappa shape index (κ3) is 4.83. The van der Waals surface area contributed by atoms with E-state index in [1.54, 1.807) is 22.9 Å². The van der Waals surface area contributed by atoms with Crippen LogP contribution in [0.5, 0.6) is 0 Å². The van der Waals surface area contributed by atoms with Crippen LogP contribution in [-0.2, 0) is 6.54 Å². The number of thiazole rings is 1. The van der Waals surface area contributed by atoms with Gasteiger partial charge in [-0.3, -0.25) is 14.7 Å². The van der Waals surface area contributed by atoms with Crippen molar-refractivity contribution < 1.29 is 4.79 Å². The van der Waals surface area contributed by atoms with E-state index in [0.29, 0.717) is 27.5 Å². The fourth-order valence-electron chi connectivity index (χ4n) is 2.99. The largest absolute Gasteiger partial charge is 0.278 e. The molecular weight excluding hydrogens is 434 g/mol. The maximum atomic E-state index is 13.5. The van der Waals surface area contributed by atoms with Gasteiger partial charge < -0.3 is 0 Å². The second-order valence-corrected chi connectivity index (χ2v) is 10.1. The van der Waals surface area contributed by atoms with Gasteiger partial charge in [0.15, 0.2) is 5.13 Å². The second kappa shape index (κ2) is 9.16. The van der Waals surface area contributed by atoms with Gasteiger partial charge in [-0.05, 0) is 54.6 Å². The summed E-state index contributed by atoms with van der Waals surface area (Å²) >= 11 is 9.36. The summed E-state index contributed by atoms with van der Waals surface area (Å²) in [6, 6.07) is 19.0. The van der Waals surface area contributed by atoms with Crippen molar-refractivity contribution in [3.05, 3.63) is 83.1 Å². The molecule has 152 valence electrons. The van der Waals surface area contributed by atoms with Gasteiger partial charge in [-0.25, -0.2) is 4.98 Å². The van der Waals surface area contributed by atoms with Crippen molar-refractivity contribution in [2.75, 3.05) is 4.90 Å². The Labute approximate surface area is 188 Å². The SMILES string of the molecule is CC(C)Sc1ccc(C(=O)N(Cc2ccccn2)c2nc3ccc(Cl)cc3s2)cc1. The number of hydrogen-bond donors (Lipinski definition) is 0. The van der Waals surface area contributed by atoms with Crippen LogP contribution in [0.25, 0.3) is 10.2 Å². The van der Waals surface area contributed by atoms with E-state index in [1.807, 2.05) is 60.7 Å². The van der Waals surface area contributed by atoms with Crippen LogP contribution in [0.2, 0.25) is 5.02 Å². The molecule has 4 rings (SSSR count). The van der Waals surface area contributed by atoms with Crippen molar-refractivity contribution in [1.29, 1.82) is 0 Å². The van der Waals surface area contributed by atoms with Crippen molar-refractivity contribution in [3.8, 4) is 0 Å². The van der Waals surface area contributed by atoms with Gasteiger partial charge in [0.2, 0.25) is 0 Å². The molecule has 4 nitrogen and oxygen atoms in total. The average molecular weight is 454 g/mol. The predicted molar refractivity (Wildman–Crippen MR) is 127 cm³/mol. The number of fused-ring (bicyclic) bond motifs is 1. The monoisotopic (exact) mass is 453 g/mol. The standard InChI is InChI=1S/C23H20ClN3OS2/c1-15(2)29-19-9-6-16(7-10-19)22(28)27(14-18-5-3-4-12-25-18)23-26-20-11-8-17(24)13-21(20)30-23/h3-13,15H,14H2,1-2H3. The van der Waals surface area contributed by atoms with Gasteiger partial charge in [-0.2, -0.15) is 0 Å². The minimum atomic E-state index is -0.105. The Kier molecular flexibility index (Phi) is 6.37. The second-order valence-electron chi connectivity index (χ2n) is 7.01. The summed E-state index contributed by atoms with van der Waals surface area (Å²) in [5, 5.41) is 1.77. The number of rotatable bonds is 6. The normalized spacial score (nSPS) is 11.2. The number of hydrogen-bond acceptors (Lipinski definition) is 5. The summed E-state index contributed by atoms with van der Waals surface area (Å²) in [6.45, 7) is 4.64. The average Bonchev–Trinajstić information content (AvgIpc) is 3.15. The molecule has 0 bridgehead atoms. The van der Waals surface area contributed by atoms with Crippen molar-refractivity contribution in [2.24, 2.45) is 0 Å². The van der Waals surface area contributed by atoms with Gasteiger partial charge in [0.1, 0.15) is 0 Å². The predicted octanol–water partition coefficient (Wildman–Crippen LogP) is 6.69. The van der Waals surface area contributed by atoms with Gasteiger partial charge in [0.05, 0.1) is 22.5 Å². The molecule has 7 heteroatoms. The molecule has 0 aliphatic rings. The number of anilines is 1. The minimum Gasteiger partial charge on any atom is -0.278 e. The van der Waals surface area contributed by atoms with Crippen molar-refractivity contribution in [2.45, 2.75) is 30.5 Å². The summed E-state index contributed by atoms with van der Waals surface area (Å²) in [6.07, 6.45) is 1.73. The molecule has 2 heterocycles. The quantitative estimate of drug-likeness (QED) is 0.305. The molecular formula is C23H20ClN3OS2. The Hall–Kier alpha value is -2.41. The van der Waals surface area contributed by atoms with E-state index >= 15 is 0 Å². The lowest BCUT2D eigenvalue weighted by Crippen LogP contribution is -2.30. The Bertz CT molecular complexity index is 1160. The maximum absolute atomic E-state index is 13.5. The zero-order valence-electron chi connectivity index (χ0n) is 16.6. The Morgan fingerprint density at radius 3 is 2.63 bits per heavy atom. The van der Waals surface area contributed by atoms with Crippen LogP contribution in [0.1, 0.15) is 29.9 Å². The van der Waals surface area contributed by atoms with E-state index in [9.17, 15) is 4.79 Å². The van der Waals surface area contributed by atoms with E-state index < -0.39 is 0 Å². The van der Waals surface area contributed by atoms with E-state index in [2.05, 4.69) is 23.8 Å². The lowest BCUT2D eigenvalue weighted by Gasteiger charge is -2.20. The third-order valence-corrected chi connectivity index (χ3v) is 6.63. The number of amides is 1. The zero-order valence-corrected chi connectivity index (χ0v) is 19.0. The Morgan fingerprint density at radius 1 is 1.13 bits per heavy atom. The molecule has 4 aromatic rings. The Morgan fingerprint density at radius 2 is 1.93 bits per heavy atom. The van der Waals surface area contributed by atoms with E-state index in [-0.39, 0.29) is 5.91 Å². The molecule has 2 aromatic carbocycles. The summed E-state index contributed by atoms with van der Waals surface area (Å²) in [5.41, 5.74) is 2.24. The minimum absolute atomic E-state index is 0.105. The summed E-state index contributed by atoms with van der Waals surface area (Å²) < 4.78 is 0.944. The smallest absolute Gasteiger partial charge is 0.260 e. The highest BCUT2D eigenvalue weighted by Crippen LogP contribution is 2.32. The number of carbonyl (C=O) groups is 1. The van der Waals surface area contributed by atoms with Gasteiger partial charge in [-0.1, -0.05) is 42.9 Å². The molecule has 0 saturated carbocycles. The fraction of sp³-hybridized carbons (Fsp3) is 0.174. The molecule has 0 aliphatic heterocycles. The summed E-state index contributed by atoms with van der Waals surface area (Å²) in [7, 11) is 0. The van der Waals surface area contributed by atoms with Crippen LogP contribution < -0.4 is 4.90 Å². The maximum Gasteiger partial charge on any atom is 0.260 e. The highest BCUT2D eigenvalue weighted by atomic mass is 35.5. The van der Waals surface area contributed by atoms with Gasteiger partial charge >= 0.3 is 0 Å². The molecule has 0 spiro atoms. The first-order valence-corrected chi connectivity index (χ1v) is 11.6. The first-order chi connectivity index (χ1) is 14.5. The molecule has 0 N–H and O–H groups in total. The number of carbonyl (C=O) groups excluding carboxylic acids is 1. The first kappa shape index (κ1) is 20.8. The number of thioether (sulfide) groups is 1. The molecule has 2 aromatic heterocycles. The van der Waals surface area contributed by atoms with Crippen molar-refractivity contribution in [1.82, 2.24) is 9.97 Å². The van der Waals surface area contributed by atoms with E-state index in [1.165, 1.54) is 11.3 Å². The summed E-state index contributed by atoms with van der Waals surface area (Å²) in [5.74, 6) is -0.105. The van der Waals surface area contributed by atoms with Crippen LogP contribution in [-0.4, -0.2) is 21.1 Å². The lowest BCUT2D eigenvalue weighted by molar-refractivity contribution is 0.0984. The molecule has 0 radical (unpaired) electrons. The van der Waals surface area contributed by atoms with Crippen molar-refractivity contribution >= 4 is 56.0 Å². The summed E-state index contributed by atoms with van der Waals surface area (Å²) in [4.78, 5) is 25.4.